The van der Waals surface area contributed by atoms with Gasteiger partial charge in [-0.05, 0) is 30.5 Å². The van der Waals surface area contributed by atoms with E-state index >= 15 is 0 Å². The third kappa shape index (κ3) is 3.83. The number of hydrogen-bond acceptors (Lipinski definition) is 2. The van der Waals surface area contributed by atoms with Crippen molar-refractivity contribution in [3.63, 3.8) is 0 Å². The molecule has 2 unspecified atom stereocenters. The second kappa shape index (κ2) is 6.58. The van der Waals surface area contributed by atoms with E-state index in [1.807, 2.05) is 0 Å². The molecule has 0 fully saturated rings. The third-order valence-electron chi connectivity index (χ3n) is 3.60. The molecule has 4 heteroatoms. The van der Waals surface area contributed by atoms with Crippen LogP contribution in [0.2, 0.25) is 0 Å². The van der Waals surface area contributed by atoms with Gasteiger partial charge in [-0.15, -0.1) is 11.6 Å². The van der Waals surface area contributed by atoms with Crippen LogP contribution in [0.25, 0.3) is 0 Å². The SMILES string of the molecule is CC(C)C(CCCl)NCC1Cc2cc(F)ccc2O1. The van der Waals surface area contributed by atoms with Crippen LogP contribution in [0.15, 0.2) is 18.2 Å². The van der Waals surface area contributed by atoms with Gasteiger partial charge < -0.3 is 10.1 Å². The van der Waals surface area contributed by atoms with Gasteiger partial charge in [-0.1, -0.05) is 13.8 Å². The Hall–Kier alpha value is -0.800. The summed E-state index contributed by atoms with van der Waals surface area (Å²) in [5.41, 5.74) is 0.963. The molecule has 0 radical (unpaired) electrons. The molecule has 1 aliphatic heterocycles. The number of halogens is 2. The summed E-state index contributed by atoms with van der Waals surface area (Å²) >= 11 is 5.81. The molecule has 2 atom stereocenters. The minimum Gasteiger partial charge on any atom is -0.488 e. The van der Waals surface area contributed by atoms with Gasteiger partial charge in [-0.25, -0.2) is 4.39 Å². The van der Waals surface area contributed by atoms with Crippen LogP contribution in [0.1, 0.15) is 25.8 Å². The van der Waals surface area contributed by atoms with Crippen LogP contribution >= 0.6 is 11.6 Å². The summed E-state index contributed by atoms with van der Waals surface area (Å²) in [5.74, 6) is 1.82. The topological polar surface area (TPSA) is 21.3 Å². The first-order valence-electron chi connectivity index (χ1n) is 6.84. The van der Waals surface area contributed by atoms with Crippen molar-refractivity contribution in [3.8, 4) is 5.75 Å². The molecule has 1 heterocycles. The largest absolute Gasteiger partial charge is 0.488 e. The molecule has 0 spiro atoms. The van der Waals surface area contributed by atoms with Gasteiger partial charge in [0.2, 0.25) is 0 Å². The molecule has 0 saturated carbocycles. The van der Waals surface area contributed by atoms with Gasteiger partial charge >= 0.3 is 0 Å². The van der Waals surface area contributed by atoms with Crippen molar-refractivity contribution in [3.05, 3.63) is 29.6 Å². The van der Waals surface area contributed by atoms with Crippen LogP contribution in [-0.4, -0.2) is 24.6 Å². The molecule has 0 bridgehead atoms. The summed E-state index contributed by atoms with van der Waals surface area (Å²) in [5, 5.41) is 3.51. The van der Waals surface area contributed by atoms with Gasteiger partial charge in [0.25, 0.3) is 0 Å². The fraction of sp³-hybridized carbons (Fsp3) is 0.600. The Bertz CT molecular complexity index is 425. The van der Waals surface area contributed by atoms with Crippen molar-refractivity contribution in [2.45, 2.75) is 38.8 Å². The van der Waals surface area contributed by atoms with E-state index < -0.39 is 0 Å². The van der Waals surface area contributed by atoms with E-state index in [1.54, 1.807) is 12.1 Å². The molecule has 1 N–H and O–H groups in total. The van der Waals surface area contributed by atoms with E-state index in [0.717, 1.165) is 30.7 Å². The zero-order valence-electron chi connectivity index (χ0n) is 11.5. The number of benzene rings is 1. The van der Waals surface area contributed by atoms with Crippen molar-refractivity contribution in [2.24, 2.45) is 5.92 Å². The second-order valence-electron chi connectivity index (χ2n) is 5.43. The van der Waals surface area contributed by atoms with E-state index in [9.17, 15) is 4.39 Å². The lowest BCUT2D eigenvalue weighted by molar-refractivity contribution is 0.213. The quantitative estimate of drug-likeness (QED) is 0.809. The van der Waals surface area contributed by atoms with Gasteiger partial charge in [-0.3, -0.25) is 0 Å². The second-order valence-corrected chi connectivity index (χ2v) is 5.81. The predicted molar refractivity (Wildman–Crippen MR) is 76.5 cm³/mol. The zero-order chi connectivity index (χ0) is 13.8. The summed E-state index contributed by atoms with van der Waals surface area (Å²) in [6, 6.07) is 5.12. The molecule has 2 rings (SSSR count). The van der Waals surface area contributed by atoms with Gasteiger partial charge in [0.1, 0.15) is 17.7 Å². The Kier molecular flexibility index (Phi) is 5.06. The lowest BCUT2D eigenvalue weighted by atomic mass is 10.0. The highest BCUT2D eigenvalue weighted by atomic mass is 35.5. The molecule has 1 aromatic rings. The maximum absolute atomic E-state index is 13.1. The van der Waals surface area contributed by atoms with E-state index in [0.29, 0.717) is 17.8 Å². The van der Waals surface area contributed by atoms with Crippen LogP contribution in [0.5, 0.6) is 5.75 Å². The van der Waals surface area contributed by atoms with Crippen molar-refractivity contribution >= 4 is 11.6 Å². The lowest BCUT2D eigenvalue weighted by Crippen LogP contribution is -2.40. The van der Waals surface area contributed by atoms with Crippen LogP contribution < -0.4 is 10.1 Å². The minimum absolute atomic E-state index is 0.0911. The Morgan fingerprint density at radius 1 is 1.47 bits per heavy atom. The Labute approximate surface area is 119 Å². The minimum atomic E-state index is -0.196. The van der Waals surface area contributed by atoms with Crippen LogP contribution in [-0.2, 0) is 6.42 Å². The highest BCUT2D eigenvalue weighted by Gasteiger charge is 2.24. The number of fused-ring (bicyclic) bond motifs is 1. The first-order chi connectivity index (χ1) is 9.10. The highest BCUT2D eigenvalue weighted by Crippen LogP contribution is 2.29. The Morgan fingerprint density at radius 3 is 2.95 bits per heavy atom. The van der Waals surface area contributed by atoms with Crippen LogP contribution in [0, 0.1) is 11.7 Å². The molecular formula is C15H21ClFNO. The smallest absolute Gasteiger partial charge is 0.123 e. The number of ether oxygens (including phenoxy) is 1. The maximum Gasteiger partial charge on any atom is 0.123 e. The fourth-order valence-corrected chi connectivity index (χ4v) is 2.71. The molecule has 2 nitrogen and oxygen atoms in total. The van der Waals surface area contributed by atoms with E-state index in [1.165, 1.54) is 6.07 Å². The maximum atomic E-state index is 13.1. The molecule has 0 amide bonds. The number of alkyl halides is 1. The Balaban J connectivity index is 1.86. The van der Waals surface area contributed by atoms with Crippen molar-refractivity contribution in [1.29, 1.82) is 0 Å². The summed E-state index contributed by atoms with van der Waals surface area (Å²) < 4.78 is 18.9. The summed E-state index contributed by atoms with van der Waals surface area (Å²) in [4.78, 5) is 0. The number of rotatable bonds is 6. The summed E-state index contributed by atoms with van der Waals surface area (Å²) in [7, 11) is 0. The molecule has 106 valence electrons. The molecule has 0 aliphatic carbocycles. The van der Waals surface area contributed by atoms with Crippen molar-refractivity contribution in [2.75, 3.05) is 12.4 Å². The van der Waals surface area contributed by atoms with E-state index in [-0.39, 0.29) is 11.9 Å². The first kappa shape index (κ1) is 14.6. The molecular weight excluding hydrogens is 265 g/mol. The van der Waals surface area contributed by atoms with E-state index in [4.69, 9.17) is 16.3 Å². The molecule has 0 saturated heterocycles. The van der Waals surface area contributed by atoms with Gasteiger partial charge in [-0.2, -0.15) is 0 Å². The van der Waals surface area contributed by atoms with E-state index in [2.05, 4.69) is 19.2 Å². The molecule has 1 aliphatic rings. The monoisotopic (exact) mass is 285 g/mol. The van der Waals surface area contributed by atoms with Gasteiger partial charge in [0.05, 0.1) is 0 Å². The first-order valence-corrected chi connectivity index (χ1v) is 7.38. The average molecular weight is 286 g/mol. The molecule has 0 aromatic heterocycles. The van der Waals surface area contributed by atoms with Crippen molar-refractivity contribution < 1.29 is 9.13 Å². The van der Waals surface area contributed by atoms with Crippen LogP contribution in [0.4, 0.5) is 4.39 Å². The normalized spacial score (nSPS) is 19.3. The predicted octanol–water partition coefficient (Wildman–Crippen LogP) is 3.37. The lowest BCUT2D eigenvalue weighted by Gasteiger charge is -2.23. The van der Waals surface area contributed by atoms with Gasteiger partial charge in [0, 0.05) is 30.5 Å². The van der Waals surface area contributed by atoms with Crippen LogP contribution in [0.3, 0.4) is 0 Å². The molecule has 1 aromatic carbocycles. The van der Waals surface area contributed by atoms with Crippen molar-refractivity contribution in [1.82, 2.24) is 5.32 Å². The fourth-order valence-electron chi connectivity index (χ4n) is 2.47. The summed E-state index contributed by atoms with van der Waals surface area (Å²) in [6.07, 6.45) is 1.81. The molecule has 19 heavy (non-hydrogen) atoms. The third-order valence-corrected chi connectivity index (χ3v) is 3.81. The number of hydrogen-bond donors (Lipinski definition) is 1. The Morgan fingerprint density at radius 2 is 2.26 bits per heavy atom. The highest BCUT2D eigenvalue weighted by molar-refractivity contribution is 6.17. The average Bonchev–Trinajstić information content (AvgIpc) is 2.75. The zero-order valence-corrected chi connectivity index (χ0v) is 12.2. The number of nitrogens with one attached hydrogen (secondary N) is 1. The summed E-state index contributed by atoms with van der Waals surface area (Å²) in [6.45, 7) is 5.14. The standard InChI is InChI=1S/C15H21ClFNO/c1-10(2)14(5-6-16)18-9-13-8-11-7-12(17)3-4-15(11)19-13/h3-4,7,10,13-14,18H,5-6,8-9H2,1-2H3. The van der Waals surface area contributed by atoms with Gasteiger partial charge in [0.15, 0.2) is 0 Å².